The first kappa shape index (κ1) is 20.0. The number of carbonyl (C=O) groups is 2. The molecule has 8 heteroatoms. The third kappa shape index (κ3) is 7.51. The Morgan fingerprint density at radius 3 is 1.58 bits per heavy atom. The van der Waals surface area contributed by atoms with Crippen molar-refractivity contribution in [2.24, 2.45) is 0 Å². The molecule has 0 aliphatic rings. The Kier molecular flexibility index (Phi) is 10.4. The molecule has 24 heavy (non-hydrogen) atoms. The van der Waals surface area contributed by atoms with E-state index in [0.717, 1.165) is 25.7 Å². The SMILES string of the molecule is CCCCOOOC(=O)c1ccccc1C(=O)OOOCCCC. The first-order valence-electron chi connectivity index (χ1n) is 7.80. The minimum absolute atomic E-state index is 0.0567. The second-order valence-electron chi connectivity index (χ2n) is 4.77. The minimum atomic E-state index is -0.897. The minimum Gasteiger partial charge on any atom is -0.263 e. The zero-order chi connectivity index (χ0) is 17.6. The number of rotatable bonds is 12. The molecule has 0 aliphatic carbocycles. The highest BCUT2D eigenvalue weighted by molar-refractivity contribution is 6.02. The fraction of sp³-hybridized carbons (Fsp3) is 0.500. The van der Waals surface area contributed by atoms with Crippen LogP contribution in [0.3, 0.4) is 0 Å². The van der Waals surface area contributed by atoms with Crippen LogP contribution in [0.4, 0.5) is 0 Å². The highest BCUT2D eigenvalue weighted by Crippen LogP contribution is 2.12. The van der Waals surface area contributed by atoms with E-state index in [1.807, 2.05) is 13.8 Å². The molecule has 0 aromatic heterocycles. The van der Waals surface area contributed by atoms with Gasteiger partial charge in [0.25, 0.3) is 0 Å². The molecule has 1 rings (SSSR count). The highest BCUT2D eigenvalue weighted by atomic mass is 17.5. The Bertz CT molecular complexity index is 458. The van der Waals surface area contributed by atoms with Crippen LogP contribution in [-0.4, -0.2) is 25.2 Å². The summed E-state index contributed by atoms with van der Waals surface area (Å²) >= 11 is 0. The maximum atomic E-state index is 11.9. The lowest BCUT2D eigenvalue weighted by atomic mass is 10.1. The van der Waals surface area contributed by atoms with E-state index >= 15 is 0 Å². The van der Waals surface area contributed by atoms with Gasteiger partial charge in [-0.15, -0.1) is 0 Å². The molecular formula is C16H22O8. The third-order valence-electron chi connectivity index (χ3n) is 2.84. The van der Waals surface area contributed by atoms with Crippen LogP contribution in [0.15, 0.2) is 24.3 Å². The summed E-state index contributed by atoms with van der Waals surface area (Å²) < 4.78 is 0. The predicted molar refractivity (Wildman–Crippen MR) is 81.2 cm³/mol. The molecule has 1 aromatic carbocycles. The van der Waals surface area contributed by atoms with E-state index in [-0.39, 0.29) is 24.3 Å². The van der Waals surface area contributed by atoms with Crippen LogP contribution >= 0.6 is 0 Å². The number of unbranched alkanes of at least 4 members (excludes halogenated alkanes) is 2. The summed E-state index contributed by atoms with van der Waals surface area (Å²) in [5.74, 6) is -1.79. The van der Waals surface area contributed by atoms with Gasteiger partial charge < -0.3 is 0 Å². The lowest BCUT2D eigenvalue weighted by molar-refractivity contribution is -0.481. The maximum Gasteiger partial charge on any atom is 0.377 e. The second kappa shape index (κ2) is 12.4. The third-order valence-corrected chi connectivity index (χ3v) is 2.84. The molecule has 0 bridgehead atoms. The fourth-order valence-corrected chi connectivity index (χ4v) is 1.51. The average molecular weight is 342 g/mol. The van der Waals surface area contributed by atoms with E-state index in [0.29, 0.717) is 0 Å². The van der Waals surface area contributed by atoms with Gasteiger partial charge in [0.05, 0.1) is 24.3 Å². The highest BCUT2D eigenvalue weighted by Gasteiger charge is 2.21. The van der Waals surface area contributed by atoms with E-state index in [2.05, 4.69) is 29.6 Å². The van der Waals surface area contributed by atoms with Crippen molar-refractivity contribution in [2.45, 2.75) is 39.5 Å². The van der Waals surface area contributed by atoms with Crippen molar-refractivity contribution in [1.82, 2.24) is 0 Å². The van der Waals surface area contributed by atoms with Gasteiger partial charge in [0.15, 0.2) is 0 Å². The molecule has 0 saturated carbocycles. The lowest BCUT2D eigenvalue weighted by Gasteiger charge is -2.07. The maximum absolute atomic E-state index is 11.9. The van der Waals surface area contributed by atoms with Crippen LogP contribution in [0.1, 0.15) is 60.2 Å². The fourth-order valence-electron chi connectivity index (χ4n) is 1.51. The van der Waals surface area contributed by atoms with Crippen LogP contribution in [-0.2, 0) is 29.6 Å². The molecule has 0 N–H and O–H groups in total. The number of carbonyl (C=O) groups excluding carboxylic acids is 2. The summed E-state index contributed by atoms with van der Waals surface area (Å²) in [5.41, 5.74) is -0.113. The first-order chi connectivity index (χ1) is 11.7. The first-order valence-corrected chi connectivity index (χ1v) is 7.80. The molecule has 1 aromatic rings. The standard InChI is InChI=1S/C16H22O8/c1-3-5-11-19-23-21-15(17)13-9-7-8-10-14(13)16(18)22-24-20-12-6-4-2/h7-10H,3-6,11-12H2,1-2H3. The Balaban J connectivity index is 2.50. The van der Waals surface area contributed by atoms with Crippen molar-refractivity contribution in [3.05, 3.63) is 35.4 Å². The summed E-state index contributed by atoms with van der Waals surface area (Å²) in [7, 11) is 0. The number of hydrogen-bond donors (Lipinski definition) is 0. The van der Waals surface area contributed by atoms with Gasteiger partial charge in [0, 0.05) is 0 Å². The normalized spacial score (nSPS) is 10.4. The van der Waals surface area contributed by atoms with Gasteiger partial charge in [-0.3, -0.25) is 9.78 Å². The lowest BCUT2D eigenvalue weighted by Crippen LogP contribution is -2.15. The summed E-state index contributed by atoms with van der Waals surface area (Å²) in [6.07, 6.45) is 3.34. The summed E-state index contributed by atoms with van der Waals surface area (Å²) in [4.78, 5) is 42.1. The molecular weight excluding hydrogens is 320 g/mol. The van der Waals surface area contributed by atoms with Crippen LogP contribution < -0.4 is 0 Å². The monoisotopic (exact) mass is 342 g/mol. The second-order valence-corrected chi connectivity index (χ2v) is 4.77. The van der Waals surface area contributed by atoms with Gasteiger partial charge in [0.1, 0.15) is 0 Å². The van der Waals surface area contributed by atoms with Gasteiger partial charge in [-0.25, -0.2) is 9.59 Å². The Morgan fingerprint density at radius 1 is 0.792 bits per heavy atom. The number of hydrogen-bond acceptors (Lipinski definition) is 8. The van der Waals surface area contributed by atoms with E-state index < -0.39 is 11.9 Å². The molecule has 0 atom stereocenters. The molecule has 0 saturated heterocycles. The summed E-state index contributed by atoms with van der Waals surface area (Å²) in [5, 5.41) is 8.71. The van der Waals surface area contributed by atoms with Gasteiger partial charge in [-0.1, -0.05) is 38.8 Å². The molecule has 0 spiro atoms. The molecule has 0 heterocycles. The molecule has 8 nitrogen and oxygen atoms in total. The molecule has 134 valence electrons. The van der Waals surface area contributed by atoms with E-state index in [1.165, 1.54) is 12.1 Å². The van der Waals surface area contributed by atoms with Crippen LogP contribution in [0, 0.1) is 0 Å². The summed E-state index contributed by atoms with van der Waals surface area (Å²) in [6.45, 7) is 4.53. The van der Waals surface area contributed by atoms with Crippen LogP contribution in [0.2, 0.25) is 0 Å². The molecule has 0 unspecified atom stereocenters. The van der Waals surface area contributed by atoms with Crippen molar-refractivity contribution in [3.63, 3.8) is 0 Å². The summed E-state index contributed by atoms with van der Waals surface area (Å²) in [6, 6.07) is 5.88. The van der Waals surface area contributed by atoms with Crippen molar-refractivity contribution in [2.75, 3.05) is 13.2 Å². The van der Waals surface area contributed by atoms with E-state index in [9.17, 15) is 9.59 Å². The smallest absolute Gasteiger partial charge is 0.263 e. The van der Waals surface area contributed by atoms with Crippen molar-refractivity contribution in [3.8, 4) is 0 Å². The van der Waals surface area contributed by atoms with Gasteiger partial charge in [-0.2, -0.15) is 9.78 Å². The van der Waals surface area contributed by atoms with Crippen molar-refractivity contribution < 1.29 is 39.2 Å². The average Bonchev–Trinajstić information content (AvgIpc) is 2.61. The number of benzene rings is 1. The molecule has 0 amide bonds. The Hall–Kier alpha value is -2.00. The largest absolute Gasteiger partial charge is 0.377 e. The van der Waals surface area contributed by atoms with E-state index in [4.69, 9.17) is 0 Å². The quantitative estimate of drug-likeness (QED) is 0.325. The zero-order valence-corrected chi connectivity index (χ0v) is 13.8. The van der Waals surface area contributed by atoms with Gasteiger partial charge in [-0.05, 0) is 35.1 Å². The van der Waals surface area contributed by atoms with Gasteiger partial charge in [0.2, 0.25) is 0 Å². The van der Waals surface area contributed by atoms with E-state index in [1.54, 1.807) is 12.1 Å². The molecule has 0 radical (unpaired) electrons. The zero-order valence-electron chi connectivity index (χ0n) is 13.8. The predicted octanol–water partition coefficient (Wildman–Crippen LogP) is 3.33. The van der Waals surface area contributed by atoms with Crippen LogP contribution in [0.5, 0.6) is 0 Å². The molecule has 0 aliphatic heterocycles. The van der Waals surface area contributed by atoms with Crippen molar-refractivity contribution in [1.29, 1.82) is 0 Å². The Morgan fingerprint density at radius 2 is 1.21 bits per heavy atom. The molecule has 0 fully saturated rings. The Labute approximate surface area is 140 Å². The van der Waals surface area contributed by atoms with Gasteiger partial charge >= 0.3 is 11.9 Å². The topological polar surface area (TPSA) is 89.5 Å². The van der Waals surface area contributed by atoms with Crippen molar-refractivity contribution >= 4 is 11.9 Å². The van der Waals surface area contributed by atoms with Crippen LogP contribution in [0.25, 0.3) is 0 Å².